The molecule has 2 aromatic rings. The molecular weight excluding hydrogens is 270 g/mol. The van der Waals surface area contributed by atoms with Crippen LogP contribution in [0.2, 0.25) is 0 Å². The lowest BCUT2D eigenvalue weighted by atomic mass is 10.1. The van der Waals surface area contributed by atoms with Crippen molar-refractivity contribution < 1.29 is 18.9 Å². The number of aryl methyl sites for hydroxylation is 1. The van der Waals surface area contributed by atoms with Gasteiger partial charge in [0.25, 0.3) is 0 Å². The summed E-state index contributed by atoms with van der Waals surface area (Å²) in [6.45, 7) is 2.19. The van der Waals surface area contributed by atoms with Crippen LogP contribution < -0.4 is 24.3 Å². The van der Waals surface area contributed by atoms with Crippen molar-refractivity contribution >= 4 is 11.4 Å². The van der Waals surface area contributed by atoms with E-state index in [9.17, 15) is 0 Å². The van der Waals surface area contributed by atoms with Gasteiger partial charge < -0.3 is 24.3 Å². The number of fused-ring (bicyclic) bond motifs is 1. The number of nitrogens with one attached hydrogen (secondary N) is 1. The number of benzene rings is 2. The number of methoxy groups -OCH3 is 2. The van der Waals surface area contributed by atoms with E-state index in [1.54, 1.807) is 14.2 Å². The van der Waals surface area contributed by atoms with E-state index >= 15 is 0 Å². The molecule has 0 amide bonds. The van der Waals surface area contributed by atoms with E-state index in [0.29, 0.717) is 17.2 Å². The molecule has 5 nitrogen and oxygen atoms in total. The number of ether oxygens (including phenoxy) is 4. The highest BCUT2D eigenvalue weighted by molar-refractivity contribution is 5.76. The Kier molecular flexibility index (Phi) is 3.48. The van der Waals surface area contributed by atoms with Gasteiger partial charge in [-0.2, -0.15) is 0 Å². The summed E-state index contributed by atoms with van der Waals surface area (Å²) >= 11 is 0. The van der Waals surface area contributed by atoms with Crippen molar-refractivity contribution in [2.75, 3.05) is 26.3 Å². The van der Waals surface area contributed by atoms with Gasteiger partial charge in [-0.05, 0) is 30.7 Å². The Labute approximate surface area is 123 Å². The Morgan fingerprint density at radius 3 is 2.52 bits per heavy atom. The minimum atomic E-state index is 0.190. The van der Waals surface area contributed by atoms with Gasteiger partial charge in [0.1, 0.15) is 5.75 Å². The second kappa shape index (κ2) is 5.44. The Bertz CT molecular complexity index is 670. The van der Waals surface area contributed by atoms with Crippen molar-refractivity contribution in [1.29, 1.82) is 0 Å². The molecule has 21 heavy (non-hydrogen) atoms. The third kappa shape index (κ3) is 2.31. The molecule has 0 saturated heterocycles. The van der Waals surface area contributed by atoms with Crippen LogP contribution in [0.5, 0.6) is 23.0 Å². The molecule has 0 saturated carbocycles. The minimum absolute atomic E-state index is 0.190. The summed E-state index contributed by atoms with van der Waals surface area (Å²) < 4.78 is 21.7. The second-order valence-electron chi connectivity index (χ2n) is 4.66. The highest BCUT2D eigenvalue weighted by Gasteiger charge is 2.23. The Hall–Kier alpha value is -2.56. The monoisotopic (exact) mass is 287 g/mol. The molecule has 1 aliphatic rings. The normalized spacial score (nSPS) is 12.1. The predicted molar refractivity (Wildman–Crippen MR) is 80.1 cm³/mol. The third-order valence-corrected chi connectivity index (χ3v) is 3.39. The summed E-state index contributed by atoms with van der Waals surface area (Å²) in [6.07, 6.45) is 0. The van der Waals surface area contributed by atoms with Crippen LogP contribution in [0.4, 0.5) is 11.4 Å². The highest BCUT2D eigenvalue weighted by Crippen LogP contribution is 2.47. The number of hydrogen-bond donors (Lipinski definition) is 1. The lowest BCUT2D eigenvalue weighted by Gasteiger charge is -2.15. The van der Waals surface area contributed by atoms with E-state index < -0.39 is 0 Å². The van der Waals surface area contributed by atoms with Crippen LogP contribution in [-0.2, 0) is 0 Å². The molecule has 1 N–H and O–H groups in total. The fourth-order valence-corrected chi connectivity index (χ4v) is 2.40. The molecule has 0 spiro atoms. The topological polar surface area (TPSA) is 49.0 Å². The smallest absolute Gasteiger partial charge is 0.231 e. The van der Waals surface area contributed by atoms with Crippen LogP contribution in [0.3, 0.4) is 0 Å². The van der Waals surface area contributed by atoms with Crippen LogP contribution in [0.1, 0.15) is 5.56 Å². The molecule has 0 bridgehead atoms. The second-order valence-corrected chi connectivity index (χ2v) is 4.66. The highest BCUT2D eigenvalue weighted by atomic mass is 16.7. The first kappa shape index (κ1) is 13.4. The first-order valence-electron chi connectivity index (χ1n) is 6.62. The van der Waals surface area contributed by atoms with Crippen molar-refractivity contribution in [3.63, 3.8) is 0 Å². The van der Waals surface area contributed by atoms with E-state index in [4.69, 9.17) is 18.9 Å². The molecule has 5 heteroatoms. The number of hydrogen-bond acceptors (Lipinski definition) is 5. The standard InChI is InChI=1S/C16H17NO4/c1-10-5-4-6-11(14(10)19-3)17-12-7-8-13(18-2)16-15(12)20-9-21-16/h4-8,17H,9H2,1-3H3. The van der Waals surface area contributed by atoms with Gasteiger partial charge in [-0.15, -0.1) is 0 Å². The molecule has 3 rings (SSSR count). The quantitative estimate of drug-likeness (QED) is 0.933. The molecule has 1 heterocycles. The molecule has 0 aliphatic carbocycles. The van der Waals surface area contributed by atoms with E-state index in [1.165, 1.54) is 0 Å². The average molecular weight is 287 g/mol. The van der Waals surface area contributed by atoms with Gasteiger partial charge in [0, 0.05) is 0 Å². The summed E-state index contributed by atoms with van der Waals surface area (Å²) in [4.78, 5) is 0. The fraction of sp³-hybridized carbons (Fsp3) is 0.250. The molecule has 0 unspecified atom stereocenters. The van der Waals surface area contributed by atoms with Gasteiger partial charge in [0.2, 0.25) is 12.5 Å². The number of rotatable bonds is 4. The minimum Gasteiger partial charge on any atom is -0.494 e. The first-order chi connectivity index (χ1) is 10.2. The Morgan fingerprint density at radius 1 is 0.952 bits per heavy atom. The molecule has 2 aromatic carbocycles. The summed E-state index contributed by atoms with van der Waals surface area (Å²) in [5, 5.41) is 3.33. The molecule has 0 aromatic heterocycles. The van der Waals surface area contributed by atoms with Crippen LogP contribution in [-0.4, -0.2) is 21.0 Å². The van der Waals surface area contributed by atoms with Crippen molar-refractivity contribution in [3.8, 4) is 23.0 Å². The molecular formula is C16H17NO4. The summed E-state index contributed by atoms with van der Waals surface area (Å²) in [5.41, 5.74) is 2.75. The van der Waals surface area contributed by atoms with Crippen LogP contribution >= 0.6 is 0 Å². The Balaban J connectivity index is 2.00. The van der Waals surface area contributed by atoms with Gasteiger partial charge in [-0.1, -0.05) is 12.1 Å². The molecule has 0 fully saturated rings. The number of anilines is 2. The fourth-order valence-electron chi connectivity index (χ4n) is 2.40. The molecule has 110 valence electrons. The van der Waals surface area contributed by atoms with Crippen molar-refractivity contribution in [1.82, 2.24) is 0 Å². The lowest BCUT2D eigenvalue weighted by Crippen LogP contribution is -1.98. The van der Waals surface area contributed by atoms with Gasteiger partial charge in [-0.3, -0.25) is 0 Å². The maximum atomic E-state index is 5.54. The van der Waals surface area contributed by atoms with Gasteiger partial charge in [0.15, 0.2) is 11.5 Å². The van der Waals surface area contributed by atoms with E-state index in [2.05, 4.69) is 5.32 Å². The summed E-state index contributed by atoms with van der Waals surface area (Å²) in [5.74, 6) is 2.73. The average Bonchev–Trinajstić information content (AvgIpc) is 2.98. The van der Waals surface area contributed by atoms with Gasteiger partial charge in [0.05, 0.1) is 25.6 Å². The Morgan fingerprint density at radius 2 is 1.76 bits per heavy atom. The van der Waals surface area contributed by atoms with Crippen LogP contribution in [0, 0.1) is 6.92 Å². The zero-order valence-corrected chi connectivity index (χ0v) is 12.2. The third-order valence-electron chi connectivity index (χ3n) is 3.39. The molecule has 0 atom stereocenters. The number of para-hydroxylation sites is 1. The summed E-state index contributed by atoms with van der Waals surface area (Å²) in [7, 11) is 3.26. The lowest BCUT2D eigenvalue weighted by molar-refractivity contribution is 0.171. The van der Waals surface area contributed by atoms with Crippen LogP contribution in [0.15, 0.2) is 30.3 Å². The zero-order chi connectivity index (χ0) is 14.8. The van der Waals surface area contributed by atoms with Crippen LogP contribution in [0.25, 0.3) is 0 Å². The van der Waals surface area contributed by atoms with Crippen molar-refractivity contribution in [3.05, 3.63) is 35.9 Å². The maximum absolute atomic E-state index is 5.54. The van der Waals surface area contributed by atoms with E-state index in [-0.39, 0.29) is 6.79 Å². The predicted octanol–water partition coefficient (Wildman–Crippen LogP) is 3.48. The van der Waals surface area contributed by atoms with Gasteiger partial charge in [-0.25, -0.2) is 0 Å². The zero-order valence-electron chi connectivity index (χ0n) is 12.2. The summed E-state index contributed by atoms with van der Waals surface area (Å²) in [6, 6.07) is 9.67. The molecule has 0 radical (unpaired) electrons. The molecule has 1 aliphatic heterocycles. The van der Waals surface area contributed by atoms with E-state index in [1.807, 2.05) is 37.3 Å². The van der Waals surface area contributed by atoms with E-state index in [0.717, 1.165) is 22.7 Å². The maximum Gasteiger partial charge on any atom is 0.231 e. The largest absolute Gasteiger partial charge is 0.494 e. The first-order valence-corrected chi connectivity index (χ1v) is 6.62. The van der Waals surface area contributed by atoms with Gasteiger partial charge >= 0.3 is 0 Å². The van der Waals surface area contributed by atoms with Crippen molar-refractivity contribution in [2.45, 2.75) is 6.92 Å². The SMILES string of the molecule is COc1ccc(Nc2cccc(C)c2OC)c2c1OCO2. The van der Waals surface area contributed by atoms with Crippen molar-refractivity contribution in [2.24, 2.45) is 0 Å².